The van der Waals surface area contributed by atoms with Crippen molar-refractivity contribution in [1.29, 1.82) is 0 Å². The van der Waals surface area contributed by atoms with Crippen molar-refractivity contribution >= 4 is 29.7 Å². The van der Waals surface area contributed by atoms with Gasteiger partial charge >= 0.3 is 11.9 Å². The average Bonchev–Trinajstić information content (AvgIpc) is 2.72. The van der Waals surface area contributed by atoms with Crippen molar-refractivity contribution in [3.05, 3.63) is 0 Å². The zero-order chi connectivity index (χ0) is 25.9. The van der Waals surface area contributed by atoms with Crippen molar-refractivity contribution in [1.82, 2.24) is 16.0 Å². The molecular weight excluding hydrogens is 432 g/mol. The van der Waals surface area contributed by atoms with E-state index in [4.69, 9.17) is 10.8 Å². The number of nitrogens with two attached hydrogens (primary N) is 1. The Labute approximate surface area is 195 Å². The van der Waals surface area contributed by atoms with Crippen molar-refractivity contribution in [2.24, 2.45) is 23.5 Å². The van der Waals surface area contributed by atoms with E-state index in [2.05, 4.69) is 16.0 Å². The zero-order valence-corrected chi connectivity index (χ0v) is 20.4. The summed E-state index contributed by atoms with van der Waals surface area (Å²) in [6.45, 7) is 10.8. The Morgan fingerprint density at radius 1 is 0.758 bits per heavy atom. The molecule has 190 valence electrons. The van der Waals surface area contributed by atoms with Crippen molar-refractivity contribution in [2.45, 2.75) is 91.4 Å². The van der Waals surface area contributed by atoms with E-state index in [-0.39, 0.29) is 24.2 Å². The Morgan fingerprint density at radius 2 is 1.24 bits per heavy atom. The number of carboxylic acid groups (broad SMARTS) is 2. The van der Waals surface area contributed by atoms with Crippen LogP contribution in [-0.2, 0) is 24.0 Å². The number of carboxylic acids is 2. The summed E-state index contributed by atoms with van der Waals surface area (Å²) in [5.74, 6) is -5.08. The Morgan fingerprint density at radius 3 is 1.67 bits per heavy atom. The van der Waals surface area contributed by atoms with E-state index in [1.165, 1.54) is 0 Å². The van der Waals surface area contributed by atoms with Crippen molar-refractivity contribution < 1.29 is 34.2 Å². The Hall–Kier alpha value is -2.69. The largest absolute Gasteiger partial charge is 0.481 e. The maximum Gasteiger partial charge on any atom is 0.326 e. The highest BCUT2D eigenvalue weighted by molar-refractivity contribution is 5.94. The van der Waals surface area contributed by atoms with Crippen LogP contribution in [0.15, 0.2) is 0 Å². The molecule has 0 rings (SSSR count). The fourth-order valence-corrected chi connectivity index (χ4v) is 3.14. The molecule has 3 amide bonds. The molecule has 0 spiro atoms. The molecule has 0 aromatic carbocycles. The molecule has 0 aromatic heterocycles. The zero-order valence-electron chi connectivity index (χ0n) is 20.4. The average molecular weight is 473 g/mol. The van der Waals surface area contributed by atoms with Crippen LogP contribution in [0.3, 0.4) is 0 Å². The third-order valence-corrected chi connectivity index (χ3v) is 5.64. The SMILES string of the molecule is CCC(C)C(NC(=O)C(NC(=O)C(CC(C)C)NC(=O)C(N)CC(=O)O)C(C)CC)C(=O)O. The van der Waals surface area contributed by atoms with Crippen LogP contribution in [0.5, 0.6) is 0 Å². The standard InChI is InChI=1S/C22H40N4O7/c1-7-12(5)17(21(31)26-18(22(32)33)13(6)8-2)25-20(30)15(9-11(3)4)24-19(29)14(23)10-16(27)28/h11-15,17-18H,7-10,23H2,1-6H3,(H,24,29)(H,25,30)(H,26,31)(H,27,28)(H,32,33). The molecule has 0 saturated carbocycles. The normalized spacial score (nSPS) is 16.6. The van der Waals surface area contributed by atoms with E-state index in [0.717, 1.165) is 0 Å². The molecule has 33 heavy (non-hydrogen) atoms. The topological polar surface area (TPSA) is 188 Å². The molecule has 7 N–H and O–H groups in total. The lowest BCUT2D eigenvalue weighted by molar-refractivity contribution is -0.144. The molecule has 0 aliphatic heterocycles. The smallest absolute Gasteiger partial charge is 0.326 e. The van der Waals surface area contributed by atoms with Crippen LogP contribution in [0.1, 0.15) is 67.2 Å². The summed E-state index contributed by atoms with van der Waals surface area (Å²) in [4.78, 5) is 60.7. The highest BCUT2D eigenvalue weighted by Gasteiger charge is 2.34. The number of aliphatic carboxylic acids is 2. The second kappa shape index (κ2) is 14.5. The monoisotopic (exact) mass is 472 g/mol. The Kier molecular flexibility index (Phi) is 13.3. The third-order valence-electron chi connectivity index (χ3n) is 5.64. The second-order valence-corrected chi connectivity index (χ2v) is 8.98. The van der Waals surface area contributed by atoms with Crippen molar-refractivity contribution in [3.63, 3.8) is 0 Å². The predicted octanol–water partition coefficient (Wildman–Crippen LogP) is 0.466. The first kappa shape index (κ1) is 30.3. The fraction of sp³-hybridized carbons (Fsp3) is 0.773. The molecule has 6 atom stereocenters. The number of nitrogens with one attached hydrogen (secondary N) is 3. The number of carbonyl (C=O) groups excluding carboxylic acids is 3. The van der Waals surface area contributed by atoms with Crippen LogP contribution >= 0.6 is 0 Å². The molecular formula is C22H40N4O7. The number of amides is 3. The lowest BCUT2D eigenvalue weighted by atomic mass is 9.94. The van der Waals surface area contributed by atoms with Gasteiger partial charge < -0.3 is 31.9 Å². The quantitative estimate of drug-likeness (QED) is 0.198. The van der Waals surface area contributed by atoms with Gasteiger partial charge in [-0.25, -0.2) is 4.79 Å². The van der Waals surface area contributed by atoms with Gasteiger partial charge in [-0.15, -0.1) is 0 Å². The highest BCUT2D eigenvalue weighted by Crippen LogP contribution is 2.13. The first-order valence-electron chi connectivity index (χ1n) is 11.4. The molecule has 0 bridgehead atoms. The van der Waals surface area contributed by atoms with Gasteiger partial charge in [-0.2, -0.15) is 0 Å². The molecule has 0 radical (unpaired) electrons. The van der Waals surface area contributed by atoms with Crippen LogP contribution in [0.4, 0.5) is 0 Å². The predicted molar refractivity (Wildman–Crippen MR) is 122 cm³/mol. The van der Waals surface area contributed by atoms with E-state index in [1.807, 2.05) is 27.7 Å². The van der Waals surface area contributed by atoms with E-state index >= 15 is 0 Å². The summed E-state index contributed by atoms with van der Waals surface area (Å²) in [6, 6.07) is -4.49. The molecule has 11 nitrogen and oxygen atoms in total. The number of hydrogen-bond acceptors (Lipinski definition) is 6. The van der Waals surface area contributed by atoms with Gasteiger partial charge in [-0.3, -0.25) is 19.2 Å². The van der Waals surface area contributed by atoms with Gasteiger partial charge in [0.25, 0.3) is 0 Å². The maximum absolute atomic E-state index is 13.0. The van der Waals surface area contributed by atoms with Gasteiger partial charge in [0, 0.05) is 0 Å². The molecule has 11 heteroatoms. The first-order chi connectivity index (χ1) is 15.2. The summed E-state index contributed by atoms with van der Waals surface area (Å²) in [6.07, 6.45) is 0.712. The van der Waals surface area contributed by atoms with Gasteiger partial charge in [0.05, 0.1) is 12.5 Å². The van der Waals surface area contributed by atoms with E-state index in [9.17, 15) is 29.1 Å². The lowest BCUT2D eigenvalue weighted by Gasteiger charge is -2.29. The molecule has 0 aliphatic carbocycles. The lowest BCUT2D eigenvalue weighted by Crippen LogP contribution is -2.59. The molecule has 0 aliphatic rings. The minimum atomic E-state index is -1.33. The molecule has 0 saturated heterocycles. The minimum Gasteiger partial charge on any atom is -0.481 e. The van der Waals surface area contributed by atoms with Gasteiger partial charge in [-0.1, -0.05) is 54.4 Å². The second-order valence-electron chi connectivity index (χ2n) is 8.98. The Bertz CT molecular complexity index is 698. The summed E-state index contributed by atoms with van der Waals surface area (Å²) in [5, 5.41) is 26.0. The fourth-order valence-electron chi connectivity index (χ4n) is 3.14. The van der Waals surface area contributed by atoms with E-state index in [0.29, 0.717) is 12.8 Å². The maximum atomic E-state index is 13.0. The Balaban J connectivity index is 5.62. The van der Waals surface area contributed by atoms with Crippen LogP contribution in [-0.4, -0.2) is 64.0 Å². The van der Waals surface area contributed by atoms with Crippen LogP contribution in [0.2, 0.25) is 0 Å². The van der Waals surface area contributed by atoms with Gasteiger partial charge in [0.2, 0.25) is 17.7 Å². The van der Waals surface area contributed by atoms with Crippen LogP contribution in [0.25, 0.3) is 0 Å². The van der Waals surface area contributed by atoms with Gasteiger partial charge in [0.1, 0.15) is 18.1 Å². The number of carbonyl (C=O) groups is 5. The number of hydrogen-bond donors (Lipinski definition) is 6. The third kappa shape index (κ3) is 10.6. The van der Waals surface area contributed by atoms with Crippen molar-refractivity contribution in [2.75, 3.05) is 0 Å². The molecule has 0 aromatic rings. The minimum absolute atomic E-state index is 0.00517. The van der Waals surface area contributed by atoms with Gasteiger partial charge in [-0.05, 0) is 24.2 Å². The van der Waals surface area contributed by atoms with Crippen LogP contribution < -0.4 is 21.7 Å². The van der Waals surface area contributed by atoms with Crippen molar-refractivity contribution in [3.8, 4) is 0 Å². The molecule has 0 fully saturated rings. The summed E-state index contributed by atoms with van der Waals surface area (Å²) in [7, 11) is 0. The first-order valence-corrected chi connectivity index (χ1v) is 11.4. The van der Waals surface area contributed by atoms with Gasteiger partial charge in [0.15, 0.2) is 0 Å². The molecule has 6 unspecified atom stereocenters. The van der Waals surface area contributed by atoms with E-state index < -0.39 is 60.2 Å². The summed E-state index contributed by atoms with van der Waals surface area (Å²) in [5.41, 5.74) is 5.60. The highest BCUT2D eigenvalue weighted by atomic mass is 16.4. The summed E-state index contributed by atoms with van der Waals surface area (Å²) >= 11 is 0. The van der Waals surface area contributed by atoms with E-state index in [1.54, 1.807) is 13.8 Å². The van der Waals surface area contributed by atoms with Crippen LogP contribution in [0, 0.1) is 17.8 Å². The molecule has 0 heterocycles. The summed E-state index contributed by atoms with van der Waals surface area (Å²) < 4.78 is 0. The number of rotatable bonds is 15.